The van der Waals surface area contributed by atoms with Gasteiger partial charge in [0.2, 0.25) is 6.79 Å². The second-order valence-corrected chi connectivity index (χ2v) is 6.07. The van der Waals surface area contributed by atoms with Crippen molar-refractivity contribution in [3.05, 3.63) is 65.7 Å². The molecule has 7 nitrogen and oxygen atoms in total. The summed E-state index contributed by atoms with van der Waals surface area (Å²) < 4.78 is 10.2. The lowest BCUT2D eigenvalue weighted by Crippen LogP contribution is -1.94. The summed E-state index contributed by atoms with van der Waals surface area (Å²) in [4.78, 5) is 0. The van der Waals surface area contributed by atoms with Gasteiger partial charge in [0.05, 0.1) is 0 Å². The van der Waals surface area contributed by atoms with E-state index in [1.807, 2.05) is 0 Å². The summed E-state index contributed by atoms with van der Waals surface area (Å²) >= 11 is 0. The Hall–Kier alpha value is -3.45. The SMILES string of the molecule is Cl.Nc1ccc(O)c(Cc2cc(N)ccc2O)c1.Nc1ccc2c(c1)OCO2. The number of phenols is 2. The molecule has 8 heteroatoms. The molecule has 0 bridgehead atoms. The van der Waals surface area contributed by atoms with Crippen molar-refractivity contribution in [2.45, 2.75) is 6.42 Å². The smallest absolute Gasteiger partial charge is 0.231 e. The van der Waals surface area contributed by atoms with Gasteiger partial charge in [0, 0.05) is 40.7 Å². The topological polar surface area (TPSA) is 137 Å². The Kier molecular flexibility index (Phi) is 6.68. The van der Waals surface area contributed by atoms with E-state index in [-0.39, 0.29) is 23.9 Å². The summed E-state index contributed by atoms with van der Waals surface area (Å²) in [6, 6.07) is 15.0. The Morgan fingerprint density at radius 2 is 1.14 bits per heavy atom. The lowest BCUT2D eigenvalue weighted by molar-refractivity contribution is 0.174. The zero-order valence-electron chi connectivity index (χ0n) is 15.0. The fourth-order valence-electron chi connectivity index (χ4n) is 2.61. The first-order chi connectivity index (χ1) is 12.9. The summed E-state index contributed by atoms with van der Waals surface area (Å²) in [5, 5.41) is 19.4. The van der Waals surface area contributed by atoms with Crippen molar-refractivity contribution in [1.82, 2.24) is 0 Å². The van der Waals surface area contributed by atoms with Crippen molar-refractivity contribution in [1.29, 1.82) is 0 Å². The Balaban J connectivity index is 0.000000217. The van der Waals surface area contributed by atoms with Crippen LogP contribution in [0.25, 0.3) is 0 Å². The van der Waals surface area contributed by atoms with Crippen LogP contribution in [0.5, 0.6) is 23.0 Å². The lowest BCUT2D eigenvalue weighted by Gasteiger charge is -2.08. The molecule has 3 aromatic rings. The van der Waals surface area contributed by atoms with Crippen molar-refractivity contribution >= 4 is 29.5 Å². The highest BCUT2D eigenvalue weighted by Crippen LogP contribution is 2.33. The highest BCUT2D eigenvalue weighted by atomic mass is 35.5. The molecule has 0 atom stereocenters. The lowest BCUT2D eigenvalue weighted by atomic mass is 10.0. The summed E-state index contributed by atoms with van der Waals surface area (Å²) in [7, 11) is 0. The molecule has 0 aromatic heterocycles. The van der Waals surface area contributed by atoms with E-state index in [1.54, 1.807) is 42.5 Å². The molecule has 0 spiro atoms. The van der Waals surface area contributed by atoms with Gasteiger partial charge >= 0.3 is 0 Å². The van der Waals surface area contributed by atoms with E-state index in [1.165, 1.54) is 12.1 Å². The number of benzene rings is 3. The van der Waals surface area contributed by atoms with Gasteiger partial charge in [-0.15, -0.1) is 12.4 Å². The van der Waals surface area contributed by atoms with Crippen LogP contribution in [0.4, 0.5) is 17.1 Å². The van der Waals surface area contributed by atoms with E-state index in [0.29, 0.717) is 41.4 Å². The van der Waals surface area contributed by atoms with Crippen LogP contribution < -0.4 is 26.7 Å². The van der Waals surface area contributed by atoms with Crippen LogP contribution in [0.2, 0.25) is 0 Å². The molecule has 0 unspecified atom stereocenters. The average Bonchev–Trinajstić information content (AvgIpc) is 3.09. The molecule has 0 fully saturated rings. The number of nitrogens with two attached hydrogens (primary N) is 3. The number of hydrogen-bond donors (Lipinski definition) is 5. The quantitative estimate of drug-likeness (QED) is 0.327. The van der Waals surface area contributed by atoms with Crippen molar-refractivity contribution in [2.75, 3.05) is 24.0 Å². The fraction of sp³-hybridized carbons (Fsp3) is 0.100. The largest absolute Gasteiger partial charge is 0.508 e. The first-order valence-electron chi connectivity index (χ1n) is 8.22. The molecule has 0 amide bonds. The number of hydrogen-bond acceptors (Lipinski definition) is 7. The molecule has 1 aliphatic rings. The number of halogens is 1. The summed E-state index contributed by atoms with van der Waals surface area (Å²) in [5.74, 6) is 1.82. The van der Waals surface area contributed by atoms with Gasteiger partial charge in [-0.05, 0) is 48.5 Å². The second kappa shape index (κ2) is 8.96. The van der Waals surface area contributed by atoms with Crippen LogP contribution in [-0.4, -0.2) is 17.0 Å². The maximum atomic E-state index is 9.69. The van der Waals surface area contributed by atoms with Crippen molar-refractivity contribution in [3.8, 4) is 23.0 Å². The Labute approximate surface area is 168 Å². The second-order valence-electron chi connectivity index (χ2n) is 6.07. The average molecular weight is 404 g/mol. The predicted octanol–water partition coefficient (Wildman–Crippen LogP) is 3.27. The first kappa shape index (κ1) is 20.9. The van der Waals surface area contributed by atoms with Crippen LogP contribution >= 0.6 is 12.4 Å². The Morgan fingerprint density at radius 1 is 0.679 bits per heavy atom. The van der Waals surface area contributed by atoms with E-state index in [2.05, 4.69) is 0 Å². The zero-order valence-corrected chi connectivity index (χ0v) is 15.8. The van der Waals surface area contributed by atoms with Gasteiger partial charge in [-0.25, -0.2) is 0 Å². The normalized spacial score (nSPS) is 11.1. The Morgan fingerprint density at radius 3 is 1.71 bits per heavy atom. The van der Waals surface area contributed by atoms with E-state index < -0.39 is 0 Å². The molecule has 3 aromatic carbocycles. The van der Waals surface area contributed by atoms with Crippen LogP contribution in [0.1, 0.15) is 11.1 Å². The molecule has 0 saturated heterocycles. The molecule has 1 aliphatic heterocycles. The third-order valence-corrected chi connectivity index (χ3v) is 3.98. The van der Waals surface area contributed by atoms with Gasteiger partial charge in [0.1, 0.15) is 11.5 Å². The zero-order chi connectivity index (χ0) is 19.4. The van der Waals surface area contributed by atoms with Gasteiger partial charge in [-0.1, -0.05) is 0 Å². The van der Waals surface area contributed by atoms with E-state index in [9.17, 15) is 10.2 Å². The van der Waals surface area contributed by atoms with E-state index >= 15 is 0 Å². The molecule has 1 heterocycles. The highest BCUT2D eigenvalue weighted by molar-refractivity contribution is 5.85. The standard InChI is InChI=1S/C13H14N2O2.C7H7NO2.ClH/c14-10-1-3-12(16)8(6-10)5-9-7-11(15)2-4-13(9)17;8-5-1-2-6-7(3-5)10-4-9-6;/h1-4,6-7,16-17H,5,14-15H2;1-3H,4,8H2;1H. The minimum Gasteiger partial charge on any atom is -0.508 e. The van der Waals surface area contributed by atoms with Gasteiger partial charge in [-0.3, -0.25) is 0 Å². The van der Waals surface area contributed by atoms with E-state index in [4.69, 9.17) is 26.7 Å². The predicted molar refractivity (Wildman–Crippen MR) is 112 cm³/mol. The number of aromatic hydroxyl groups is 2. The summed E-state index contributed by atoms with van der Waals surface area (Å²) in [6.07, 6.45) is 0.383. The molecule has 0 saturated carbocycles. The van der Waals surface area contributed by atoms with Gasteiger partial charge in [0.15, 0.2) is 11.5 Å². The van der Waals surface area contributed by atoms with Crippen LogP contribution in [0.3, 0.4) is 0 Å². The van der Waals surface area contributed by atoms with Crippen LogP contribution in [0, 0.1) is 0 Å². The molecule has 148 valence electrons. The van der Waals surface area contributed by atoms with Crippen LogP contribution in [-0.2, 0) is 6.42 Å². The molecular formula is C20H22ClN3O4. The minimum absolute atomic E-state index is 0. The molecule has 4 rings (SSSR count). The molecule has 28 heavy (non-hydrogen) atoms. The maximum Gasteiger partial charge on any atom is 0.231 e. The highest BCUT2D eigenvalue weighted by Gasteiger charge is 2.11. The van der Waals surface area contributed by atoms with Gasteiger partial charge < -0.3 is 36.9 Å². The first-order valence-corrected chi connectivity index (χ1v) is 8.22. The Bertz CT molecular complexity index is 917. The van der Waals surface area contributed by atoms with Crippen molar-refractivity contribution in [2.24, 2.45) is 0 Å². The number of phenolic OH excluding ortho intramolecular Hbond substituents is 2. The molecule has 8 N–H and O–H groups in total. The number of anilines is 3. The summed E-state index contributed by atoms with van der Waals surface area (Å²) in [5.41, 5.74) is 20.0. The number of ether oxygens (including phenoxy) is 2. The minimum atomic E-state index is 0. The fourth-order valence-corrected chi connectivity index (χ4v) is 2.61. The summed E-state index contributed by atoms with van der Waals surface area (Å²) in [6.45, 7) is 0.304. The molecular weight excluding hydrogens is 382 g/mol. The van der Waals surface area contributed by atoms with Gasteiger partial charge in [0.25, 0.3) is 0 Å². The number of fused-ring (bicyclic) bond motifs is 1. The number of nitrogen functional groups attached to an aromatic ring is 3. The van der Waals surface area contributed by atoms with Crippen molar-refractivity contribution < 1.29 is 19.7 Å². The molecule has 0 aliphatic carbocycles. The van der Waals surface area contributed by atoms with E-state index in [0.717, 1.165) is 11.5 Å². The third kappa shape index (κ3) is 5.05. The molecule has 0 radical (unpaired) electrons. The maximum absolute atomic E-state index is 9.69. The third-order valence-electron chi connectivity index (χ3n) is 3.98. The number of rotatable bonds is 2. The monoisotopic (exact) mass is 403 g/mol. The van der Waals surface area contributed by atoms with Crippen LogP contribution in [0.15, 0.2) is 54.6 Å². The van der Waals surface area contributed by atoms with Crippen molar-refractivity contribution in [3.63, 3.8) is 0 Å². The van der Waals surface area contributed by atoms with Gasteiger partial charge in [-0.2, -0.15) is 0 Å².